The van der Waals surface area contributed by atoms with E-state index in [2.05, 4.69) is 22.6 Å². The normalized spacial score (nSPS) is 26.4. The first-order valence-corrected chi connectivity index (χ1v) is 12.7. The van der Waals surface area contributed by atoms with Crippen molar-refractivity contribution in [1.29, 1.82) is 0 Å². The highest BCUT2D eigenvalue weighted by Crippen LogP contribution is 2.30. The number of ether oxygens (including phenoxy) is 2. The van der Waals surface area contributed by atoms with Gasteiger partial charge in [0.25, 0.3) is 0 Å². The van der Waals surface area contributed by atoms with Gasteiger partial charge in [0, 0.05) is 13.1 Å². The molecule has 0 spiro atoms. The maximum atomic E-state index is 13.3. The van der Waals surface area contributed by atoms with Crippen LogP contribution in [0.3, 0.4) is 0 Å². The van der Waals surface area contributed by atoms with Gasteiger partial charge in [-0.25, -0.2) is 4.79 Å². The van der Waals surface area contributed by atoms with Crippen molar-refractivity contribution in [2.75, 3.05) is 31.6 Å². The monoisotopic (exact) mass is 498 g/mol. The van der Waals surface area contributed by atoms with Gasteiger partial charge in [-0.1, -0.05) is 29.4 Å². The molecule has 10 heteroatoms. The Bertz CT molecular complexity index is 1080. The topological polar surface area (TPSA) is 117 Å². The molecule has 0 bridgehead atoms. The fourth-order valence-corrected chi connectivity index (χ4v) is 5.45. The Labute approximate surface area is 210 Å². The predicted molar refractivity (Wildman–Crippen MR) is 130 cm³/mol. The number of carbonyl (C=O) groups is 2. The third kappa shape index (κ3) is 5.25. The molecule has 2 aromatic rings. The van der Waals surface area contributed by atoms with Crippen molar-refractivity contribution in [2.24, 2.45) is 0 Å². The van der Waals surface area contributed by atoms with Gasteiger partial charge in [-0.3, -0.25) is 4.79 Å². The number of benzene rings is 1. The zero-order valence-electron chi connectivity index (χ0n) is 20.8. The third-order valence-corrected chi connectivity index (χ3v) is 7.39. The summed E-state index contributed by atoms with van der Waals surface area (Å²) in [6.45, 7) is 5.32. The SMILES string of the molecule is Cc1noc(C)c1NC(=O)N1C[C@H](O)COC[C@H]2O[C@H](CC(=O)N3CCc4ccccc4C3)CC[C@@H]21. The van der Waals surface area contributed by atoms with Crippen molar-refractivity contribution in [3.8, 4) is 0 Å². The number of hydrogen-bond donors (Lipinski definition) is 2. The minimum absolute atomic E-state index is 0.0862. The number of aryl methyl sites for hydroxylation is 2. The number of fused-ring (bicyclic) bond motifs is 2. The van der Waals surface area contributed by atoms with Crippen molar-refractivity contribution >= 4 is 17.6 Å². The largest absolute Gasteiger partial charge is 0.389 e. The molecule has 4 atom stereocenters. The fourth-order valence-electron chi connectivity index (χ4n) is 5.45. The highest BCUT2D eigenvalue weighted by Gasteiger charge is 2.40. The van der Waals surface area contributed by atoms with Crippen molar-refractivity contribution < 1.29 is 28.7 Å². The Morgan fingerprint density at radius 2 is 1.97 bits per heavy atom. The summed E-state index contributed by atoms with van der Waals surface area (Å²) in [7, 11) is 0. The second kappa shape index (κ2) is 10.6. The van der Waals surface area contributed by atoms with Crippen LogP contribution in [-0.2, 0) is 27.2 Å². The van der Waals surface area contributed by atoms with Crippen LogP contribution >= 0.6 is 0 Å². The third-order valence-electron chi connectivity index (χ3n) is 7.39. The fraction of sp³-hybridized carbons (Fsp3) is 0.577. The summed E-state index contributed by atoms with van der Waals surface area (Å²) in [4.78, 5) is 29.9. The van der Waals surface area contributed by atoms with E-state index in [1.54, 1.807) is 18.7 Å². The molecule has 1 aromatic carbocycles. The first-order chi connectivity index (χ1) is 17.4. The lowest BCUT2D eigenvalue weighted by Gasteiger charge is -2.44. The zero-order valence-corrected chi connectivity index (χ0v) is 20.8. The number of urea groups is 1. The Kier molecular flexibility index (Phi) is 7.27. The molecule has 0 saturated carbocycles. The molecule has 3 aliphatic heterocycles. The van der Waals surface area contributed by atoms with Crippen molar-refractivity contribution in [2.45, 2.75) is 70.4 Å². The first kappa shape index (κ1) is 24.7. The lowest BCUT2D eigenvalue weighted by atomic mass is 9.94. The van der Waals surface area contributed by atoms with E-state index in [1.807, 2.05) is 17.0 Å². The van der Waals surface area contributed by atoms with E-state index < -0.39 is 6.10 Å². The smallest absolute Gasteiger partial charge is 0.322 e. The lowest BCUT2D eigenvalue weighted by molar-refractivity contribution is -0.154. The van der Waals surface area contributed by atoms with E-state index in [0.717, 1.165) is 6.42 Å². The van der Waals surface area contributed by atoms with E-state index >= 15 is 0 Å². The number of nitrogens with one attached hydrogen (secondary N) is 1. The number of anilines is 1. The average Bonchev–Trinajstić information content (AvgIpc) is 3.18. The second-order valence-corrected chi connectivity index (χ2v) is 9.95. The van der Waals surface area contributed by atoms with Crippen LogP contribution in [0.25, 0.3) is 0 Å². The molecule has 5 rings (SSSR count). The molecule has 2 saturated heterocycles. The lowest BCUT2D eigenvalue weighted by Crippen LogP contribution is -2.58. The number of aromatic nitrogens is 1. The summed E-state index contributed by atoms with van der Waals surface area (Å²) < 4.78 is 17.2. The highest BCUT2D eigenvalue weighted by atomic mass is 16.5. The molecular weight excluding hydrogens is 464 g/mol. The molecule has 36 heavy (non-hydrogen) atoms. The molecule has 2 fully saturated rings. The van der Waals surface area contributed by atoms with Gasteiger partial charge >= 0.3 is 6.03 Å². The van der Waals surface area contributed by atoms with Crippen LogP contribution in [0.1, 0.15) is 41.8 Å². The van der Waals surface area contributed by atoms with Gasteiger partial charge in [0.1, 0.15) is 17.5 Å². The van der Waals surface area contributed by atoms with Crippen molar-refractivity contribution in [3.63, 3.8) is 0 Å². The maximum absolute atomic E-state index is 13.3. The van der Waals surface area contributed by atoms with Crippen LogP contribution in [-0.4, -0.2) is 82.7 Å². The standard InChI is InChI=1S/C26H34N4O6/c1-16-25(17(2)36-28-16)27-26(33)30-13-20(31)14-34-15-23-22(30)8-7-21(35-23)11-24(32)29-10-9-18-5-3-4-6-19(18)12-29/h3-6,20-23,31H,7-15H2,1-2H3,(H,27,33)/t20-,21-,22-,23+/m0/s1. The number of rotatable bonds is 3. The maximum Gasteiger partial charge on any atom is 0.322 e. The average molecular weight is 499 g/mol. The van der Waals surface area contributed by atoms with Crippen LogP contribution in [0.15, 0.2) is 28.8 Å². The summed E-state index contributed by atoms with van der Waals surface area (Å²) in [5.41, 5.74) is 3.63. The quantitative estimate of drug-likeness (QED) is 0.667. The first-order valence-electron chi connectivity index (χ1n) is 12.7. The molecule has 0 aliphatic carbocycles. The number of hydrogen-bond acceptors (Lipinski definition) is 7. The number of nitrogens with zero attached hydrogens (tertiary/aromatic N) is 3. The molecule has 3 amide bonds. The minimum Gasteiger partial charge on any atom is -0.389 e. The van der Waals surface area contributed by atoms with Crippen LogP contribution in [0.4, 0.5) is 10.5 Å². The summed E-state index contributed by atoms with van der Waals surface area (Å²) in [6.07, 6.45) is 1.03. The Hall–Kier alpha value is -2.95. The van der Waals surface area contributed by atoms with Gasteiger partial charge in [0.2, 0.25) is 5.91 Å². The van der Waals surface area contributed by atoms with Gasteiger partial charge in [-0.2, -0.15) is 0 Å². The molecule has 3 aliphatic rings. The number of amides is 3. The molecule has 0 radical (unpaired) electrons. The molecule has 0 unspecified atom stereocenters. The Balaban J connectivity index is 1.23. The van der Waals surface area contributed by atoms with E-state index in [4.69, 9.17) is 14.0 Å². The molecule has 194 valence electrons. The van der Waals surface area contributed by atoms with Gasteiger partial charge in [0.15, 0.2) is 5.76 Å². The summed E-state index contributed by atoms with van der Waals surface area (Å²) in [5, 5.41) is 17.2. The molecule has 2 N–H and O–H groups in total. The van der Waals surface area contributed by atoms with Crippen molar-refractivity contribution in [3.05, 3.63) is 46.8 Å². The van der Waals surface area contributed by atoms with Crippen LogP contribution in [0.2, 0.25) is 0 Å². The van der Waals surface area contributed by atoms with E-state index in [9.17, 15) is 14.7 Å². The van der Waals surface area contributed by atoms with Crippen LogP contribution in [0.5, 0.6) is 0 Å². The summed E-state index contributed by atoms with van der Waals surface area (Å²) >= 11 is 0. The molecule has 4 heterocycles. The van der Waals surface area contributed by atoms with Gasteiger partial charge in [-0.15, -0.1) is 0 Å². The second-order valence-electron chi connectivity index (χ2n) is 9.95. The summed E-state index contributed by atoms with van der Waals surface area (Å²) in [5.74, 6) is 0.607. The van der Waals surface area contributed by atoms with Crippen LogP contribution < -0.4 is 5.32 Å². The van der Waals surface area contributed by atoms with E-state index in [-0.39, 0.29) is 49.9 Å². The number of aliphatic hydroxyl groups is 1. The van der Waals surface area contributed by atoms with Crippen LogP contribution in [0, 0.1) is 13.8 Å². The summed E-state index contributed by atoms with van der Waals surface area (Å²) in [6, 6.07) is 7.63. The van der Waals surface area contributed by atoms with Crippen molar-refractivity contribution in [1.82, 2.24) is 15.0 Å². The Morgan fingerprint density at radius 1 is 1.17 bits per heavy atom. The van der Waals surface area contributed by atoms with Gasteiger partial charge in [-0.05, 0) is 44.2 Å². The highest BCUT2D eigenvalue weighted by molar-refractivity contribution is 5.90. The minimum atomic E-state index is -0.803. The van der Waals surface area contributed by atoms with Gasteiger partial charge < -0.3 is 34.2 Å². The molecular formula is C26H34N4O6. The zero-order chi connectivity index (χ0) is 25.2. The number of β-amino-alcohol motifs (C(OH)–C–C–N with tert-alkyl or cyclic N) is 1. The molecule has 10 nitrogen and oxygen atoms in total. The number of aliphatic hydroxyl groups excluding tert-OH is 1. The Morgan fingerprint density at radius 3 is 2.75 bits per heavy atom. The van der Waals surface area contributed by atoms with E-state index in [0.29, 0.717) is 49.5 Å². The molecule has 1 aromatic heterocycles. The van der Waals surface area contributed by atoms with E-state index in [1.165, 1.54) is 11.1 Å². The number of carbonyl (C=O) groups excluding carboxylic acids is 2. The van der Waals surface area contributed by atoms with Gasteiger partial charge in [0.05, 0.1) is 44.4 Å². The predicted octanol–water partition coefficient (Wildman–Crippen LogP) is 2.41.